The molecular formula is C24H34N2O5S. The summed E-state index contributed by atoms with van der Waals surface area (Å²) in [6, 6.07) is 9.77. The summed E-state index contributed by atoms with van der Waals surface area (Å²) in [5, 5.41) is 2.00. The summed E-state index contributed by atoms with van der Waals surface area (Å²) in [5.41, 5.74) is 1.04. The molecule has 0 saturated carbocycles. The van der Waals surface area contributed by atoms with Gasteiger partial charge in [-0.25, -0.2) is 0 Å². The molecule has 0 aliphatic heterocycles. The van der Waals surface area contributed by atoms with Crippen molar-refractivity contribution >= 4 is 23.2 Å². The Morgan fingerprint density at radius 2 is 1.75 bits per heavy atom. The zero-order chi connectivity index (χ0) is 23.5. The van der Waals surface area contributed by atoms with Crippen LogP contribution in [0.15, 0.2) is 35.7 Å². The molecule has 8 heteroatoms. The van der Waals surface area contributed by atoms with Crippen LogP contribution < -0.4 is 9.47 Å². The van der Waals surface area contributed by atoms with E-state index in [1.807, 2.05) is 54.5 Å². The number of ether oxygens (including phenoxy) is 3. The topological polar surface area (TPSA) is 68.3 Å². The van der Waals surface area contributed by atoms with Crippen LogP contribution in [0.25, 0.3) is 0 Å². The lowest BCUT2D eigenvalue weighted by atomic mass is 10.1. The second kappa shape index (κ2) is 13.1. The van der Waals surface area contributed by atoms with Gasteiger partial charge in [0.2, 0.25) is 11.8 Å². The second-order valence-electron chi connectivity index (χ2n) is 7.94. The number of nitrogens with zero attached hydrogens (tertiary/aromatic N) is 2. The first-order valence-corrected chi connectivity index (χ1v) is 11.5. The van der Waals surface area contributed by atoms with Gasteiger partial charge in [-0.1, -0.05) is 26.0 Å². The zero-order valence-electron chi connectivity index (χ0n) is 19.6. The van der Waals surface area contributed by atoms with Gasteiger partial charge in [0.05, 0.1) is 27.3 Å². The molecule has 0 atom stereocenters. The molecule has 1 heterocycles. The van der Waals surface area contributed by atoms with Crippen molar-refractivity contribution in [2.75, 3.05) is 47.6 Å². The molecule has 2 rings (SSSR count). The minimum absolute atomic E-state index is 0.0312. The number of carbonyl (C=O) groups excluding carboxylic acids is 2. The Hall–Kier alpha value is -2.58. The fourth-order valence-electron chi connectivity index (χ4n) is 3.36. The largest absolute Gasteiger partial charge is 0.493 e. The van der Waals surface area contributed by atoms with Crippen molar-refractivity contribution < 1.29 is 23.8 Å². The van der Waals surface area contributed by atoms with Crippen LogP contribution in [0.2, 0.25) is 0 Å². The second-order valence-corrected chi connectivity index (χ2v) is 8.97. The molecule has 0 saturated heterocycles. The van der Waals surface area contributed by atoms with E-state index in [0.29, 0.717) is 37.6 Å². The average molecular weight is 463 g/mol. The number of benzene rings is 1. The minimum atomic E-state index is -0.175. The molecule has 1 aromatic heterocycles. The highest BCUT2D eigenvalue weighted by Crippen LogP contribution is 2.28. The lowest BCUT2D eigenvalue weighted by Crippen LogP contribution is -2.45. The van der Waals surface area contributed by atoms with Crippen molar-refractivity contribution in [1.29, 1.82) is 0 Å². The zero-order valence-corrected chi connectivity index (χ0v) is 20.4. The van der Waals surface area contributed by atoms with Crippen LogP contribution in [0.3, 0.4) is 0 Å². The van der Waals surface area contributed by atoms with E-state index in [1.54, 1.807) is 30.5 Å². The predicted molar refractivity (Wildman–Crippen MR) is 126 cm³/mol. The molecule has 7 nitrogen and oxygen atoms in total. The predicted octanol–water partition coefficient (Wildman–Crippen LogP) is 3.47. The lowest BCUT2D eigenvalue weighted by molar-refractivity contribution is -0.143. The third-order valence-corrected chi connectivity index (χ3v) is 5.79. The van der Waals surface area contributed by atoms with E-state index >= 15 is 0 Å². The average Bonchev–Trinajstić information content (AvgIpc) is 3.28. The standard InChI is InChI=1S/C24H34N2O5S/c1-18(2)14-26(24(28)17-29-3)16-23(27)25(15-20-7-6-12-32-20)11-10-19-8-9-21(30-4)22(13-19)31-5/h6-9,12-13,18H,10-11,14-17H2,1-5H3. The molecule has 0 aliphatic rings. The molecule has 0 N–H and O–H groups in total. The van der Waals surface area contributed by atoms with E-state index in [2.05, 4.69) is 0 Å². The van der Waals surface area contributed by atoms with Gasteiger partial charge < -0.3 is 24.0 Å². The minimum Gasteiger partial charge on any atom is -0.493 e. The fourth-order valence-corrected chi connectivity index (χ4v) is 4.08. The van der Waals surface area contributed by atoms with Crippen molar-refractivity contribution in [3.8, 4) is 11.5 Å². The summed E-state index contributed by atoms with van der Waals surface area (Å²) in [7, 11) is 4.70. The fraction of sp³-hybridized carbons (Fsp3) is 0.500. The smallest absolute Gasteiger partial charge is 0.249 e. The SMILES string of the molecule is COCC(=O)N(CC(=O)N(CCc1ccc(OC)c(OC)c1)Cc1cccs1)CC(C)C. The lowest BCUT2D eigenvalue weighted by Gasteiger charge is -2.28. The first kappa shape index (κ1) is 25.7. The third-order valence-electron chi connectivity index (χ3n) is 4.93. The maximum absolute atomic E-state index is 13.3. The van der Waals surface area contributed by atoms with E-state index in [9.17, 15) is 9.59 Å². The molecule has 2 aromatic rings. The Kier molecular flexibility index (Phi) is 10.5. The molecule has 0 spiro atoms. The van der Waals surface area contributed by atoms with E-state index in [-0.39, 0.29) is 30.9 Å². The number of carbonyl (C=O) groups is 2. The number of rotatable bonds is 13. The van der Waals surface area contributed by atoms with Crippen LogP contribution in [-0.2, 0) is 27.3 Å². The monoisotopic (exact) mass is 462 g/mol. The molecule has 2 amide bonds. The summed E-state index contributed by atoms with van der Waals surface area (Å²) < 4.78 is 15.7. The Morgan fingerprint density at radius 1 is 1.00 bits per heavy atom. The van der Waals surface area contributed by atoms with Crippen LogP contribution in [0.1, 0.15) is 24.3 Å². The molecule has 176 valence electrons. The molecule has 32 heavy (non-hydrogen) atoms. The number of amides is 2. The van der Waals surface area contributed by atoms with Crippen LogP contribution in [0.4, 0.5) is 0 Å². The first-order chi connectivity index (χ1) is 15.4. The molecule has 0 radical (unpaired) electrons. The molecule has 0 aliphatic carbocycles. The third kappa shape index (κ3) is 7.84. The maximum atomic E-state index is 13.3. The quantitative estimate of drug-likeness (QED) is 0.456. The van der Waals surface area contributed by atoms with Gasteiger partial charge >= 0.3 is 0 Å². The van der Waals surface area contributed by atoms with Crippen molar-refractivity contribution in [1.82, 2.24) is 9.80 Å². The first-order valence-electron chi connectivity index (χ1n) is 10.7. The summed E-state index contributed by atoms with van der Waals surface area (Å²) >= 11 is 1.61. The molecule has 0 fully saturated rings. The normalized spacial score (nSPS) is 10.8. The van der Waals surface area contributed by atoms with Crippen molar-refractivity contribution in [2.45, 2.75) is 26.8 Å². The van der Waals surface area contributed by atoms with Gasteiger partial charge in [0, 0.05) is 25.1 Å². The van der Waals surface area contributed by atoms with Gasteiger partial charge in [-0.05, 0) is 41.5 Å². The van der Waals surface area contributed by atoms with Crippen molar-refractivity contribution in [3.63, 3.8) is 0 Å². The highest BCUT2D eigenvalue weighted by atomic mass is 32.1. The summed E-state index contributed by atoms with van der Waals surface area (Å²) in [6.45, 7) is 5.61. The van der Waals surface area contributed by atoms with Gasteiger partial charge in [0.25, 0.3) is 0 Å². The van der Waals surface area contributed by atoms with E-state index in [4.69, 9.17) is 14.2 Å². The van der Waals surface area contributed by atoms with Crippen molar-refractivity contribution in [3.05, 3.63) is 46.2 Å². The van der Waals surface area contributed by atoms with Crippen LogP contribution in [-0.4, -0.2) is 69.2 Å². The van der Waals surface area contributed by atoms with E-state index < -0.39 is 0 Å². The van der Waals surface area contributed by atoms with Crippen LogP contribution >= 0.6 is 11.3 Å². The van der Waals surface area contributed by atoms with Crippen molar-refractivity contribution in [2.24, 2.45) is 5.92 Å². The Morgan fingerprint density at radius 3 is 2.34 bits per heavy atom. The summed E-state index contributed by atoms with van der Waals surface area (Å²) in [4.78, 5) is 30.2. The highest BCUT2D eigenvalue weighted by molar-refractivity contribution is 7.09. The highest BCUT2D eigenvalue weighted by Gasteiger charge is 2.22. The van der Waals surface area contributed by atoms with Gasteiger partial charge in [-0.2, -0.15) is 0 Å². The van der Waals surface area contributed by atoms with Gasteiger partial charge in [-0.3, -0.25) is 9.59 Å². The van der Waals surface area contributed by atoms with Gasteiger partial charge in [-0.15, -0.1) is 11.3 Å². The summed E-state index contributed by atoms with van der Waals surface area (Å²) in [6.07, 6.45) is 0.660. The molecular weight excluding hydrogens is 428 g/mol. The van der Waals surface area contributed by atoms with Gasteiger partial charge in [0.15, 0.2) is 11.5 Å². The van der Waals surface area contributed by atoms with Crippen LogP contribution in [0, 0.1) is 5.92 Å². The molecule has 0 unspecified atom stereocenters. The Balaban J connectivity index is 2.14. The summed E-state index contributed by atoms with van der Waals surface area (Å²) in [5.74, 6) is 1.33. The van der Waals surface area contributed by atoms with E-state index in [1.165, 1.54) is 7.11 Å². The maximum Gasteiger partial charge on any atom is 0.249 e. The molecule has 1 aromatic carbocycles. The number of thiophene rings is 1. The Labute approximate surface area is 194 Å². The molecule has 0 bridgehead atoms. The van der Waals surface area contributed by atoms with Crippen LogP contribution in [0.5, 0.6) is 11.5 Å². The van der Waals surface area contributed by atoms with Gasteiger partial charge in [0.1, 0.15) is 6.61 Å². The Bertz CT molecular complexity index is 854. The number of hydrogen-bond acceptors (Lipinski definition) is 6. The number of hydrogen-bond donors (Lipinski definition) is 0. The number of methoxy groups -OCH3 is 3. The van der Waals surface area contributed by atoms with E-state index in [0.717, 1.165) is 10.4 Å².